The molecule has 0 aliphatic heterocycles. The van der Waals surface area contributed by atoms with Crippen molar-refractivity contribution in [3.05, 3.63) is 58.1 Å². The molecule has 96 valence electrons. The third-order valence-corrected chi connectivity index (χ3v) is 3.38. The Morgan fingerprint density at radius 2 is 1.79 bits per heavy atom. The summed E-state index contributed by atoms with van der Waals surface area (Å²) in [6.07, 6.45) is 0.436. The second kappa shape index (κ2) is 6.26. The summed E-state index contributed by atoms with van der Waals surface area (Å²) in [6, 6.07) is 15.3. The van der Waals surface area contributed by atoms with Crippen LogP contribution in [0, 0.1) is 11.3 Å². The van der Waals surface area contributed by atoms with Gasteiger partial charge in [0.2, 0.25) is 0 Å². The van der Waals surface area contributed by atoms with Gasteiger partial charge in [0.1, 0.15) is 5.75 Å². The lowest BCUT2D eigenvalue weighted by Crippen LogP contribution is -1.99. The quantitative estimate of drug-likeness (QED) is 0.901. The summed E-state index contributed by atoms with van der Waals surface area (Å²) in [5, 5.41) is 21.3. The topological polar surface area (TPSA) is 56.0 Å². The van der Waals surface area contributed by atoms with Crippen molar-refractivity contribution < 1.29 is 5.11 Å². The van der Waals surface area contributed by atoms with E-state index in [-0.39, 0.29) is 5.75 Å². The maximum absolute atomic E-state index is 9.42. The Balaban J connectivity index is 1.98. The van der Waals surface area contributed by atoms with E-state index in [9.17, 15) is 5.11 Å². The summed E-state index contributed by atoms with van der Waals surface area (Å²) in [7, 11) is 0. The van der Waals surface area contributed by atoms with Crippen LogP contribution in [-0.2, 0) is 13.0 Å². The highest BCUT2D eigenvalue weighted by molar-refractivity contribution is 9.10. The predicted molar refractivity (Wildman–Crippen MR) is 78.9 cm³/mol. The average Bonchev–Trinajstić information content (AvgIpc) is 2.42. The van der Waals surface area contributed by atoms with Gasteiger partial charge in [-0.3, -0.25) is 0 Å². The summed E-state index contributed by atoms with van der Waals surface area (Å²) < 4.78 is 0.691. The largest absolute Gasteiger partial charge is 0.507 e. The molecule has 0 fully saturated rings. The van der Waals surface area contributed by atoms with Crippen LogP contribution in [0.3, 0.4) is 0 Å². The Labute approximate surface area is 120 Å². The molecule has 0 radical (unpaired) electrons. The fraction of sp³-hybridized carbons (Fsp3) is 0.133. The first-order valence-corrected chi connectivity index (χ1v) is 6.65. The lowest BCUT2D eigenvalue weighted by Gasteiger charge is -2.08. The number of nitriles is 1. The van der Waals surface area contributed by atoms with Gasteiger partial charge < -0.3 is 10.4 Å². The van der Waals surface area contributed by atoms with Crippen LogP contribution in [0.4, 0.5) is 5.69 Å². The van der Waals surface area contributed by atoms with Gasteiger partial charge in [-0.15, -0.1) is 0 Å². The molecule has 0 unspecified atom stereocenters. The van der Waals surface area contributed by atoms with Crippen LogP contribution in [0.25, 0.3) is 0 Å². The van der Waals surface area contributed by atoms with Gasteiger partial charge in [0.05, 0.1) is 17.0 Å². The molecule has 2 aromatic carbocycles. The van der Waals surface area contributed by atoms with Gasteiger partial charge in [0.25, 0.3) is 0 Å². The van der Waals surface area contributed by atoms with Gasteiger partial charge in [-0.1, -0.05) is 18.2 Å². The van der Waals surface area contributed by atoms with Crippen molar-refractivity contribution in [2.45, 2.75) is 13.0 Å². The van der Waals surface area contributed by atoms with Crippen molar-refractivity contribution in [2.75, 3.05) is 5.32 Å². The van der Waals surface area contributed by atoms with Gasteiger partial charge in [-0.05, 0) is 51.3 Å². The van der Waals surface area contributed by atoms with Crippen molar-refractivity contribution in [1.82, 2.24) is 0 Å². The van der Waals surface area contributed by atoms with Crippen molar-refractivity contribution in [3.63, 3.8) is 0 Å². The number of phenolic OH excluding ortho intramolecular Hbond substituents is 1. The molecule has 4 heteroatoms. The number of nitrogens with zero attached hydrogens (tertiary/aromatic N) is 1. The minimum Gasteiger partial charge on any atom is -0.507 e. The normalized spacial score (nSPS) is 9.89. The zero-order valence-electron chi connectivity index (χ0n) is 10.2. The van der Waals surface area contributed by atoms with E-state index >= 15 is 0 Å². The average molecular weight is 317 g/mol. The molecule has 19 heavy (non-hydrogen) atoms. The minimum atomic E-state index is 0.240. The lowest BCUT2D eigenvalue weighted by atomic mass is 10.1. The molecule has 0 atom stereocenters. The maximum Gasteiger partial charge on any atom is 0.129 e. The molecular weight excluding hydrogens is 304 g/mol. The Hall–Kier alpha value is -1.99. The molecule has 2 N–H and O–H groups in total. The van der Waals surface area contributed by atoms with E-state index in [0.717, 1.165) is 16.8 Å². The fourth-order valence-corrected chi connectivity index (χ4v) is 2.12. The third kappa shape index (κ3) is 3.73. The van der Waals surface area contributed by atoms with Crippen molar-refractivity contribution in [3.8, 4) is 11.8 Å². The first kappa shape index (κ1) is 13.4. The highest BCUT2D eigenvalue weighted by Gasteiger charge is 2.00. The number of hydrogen-bond donors (Lipinski definition) is 2. The van der Waals surface area contributed by atoms with Gasteiger partial charge in [-0.2, -0.15) is 5.26 Å². The number of aromatic hydroxyl groups is 1. The number of halogens is 1. The van der Waals surface area contributed by atoms with E-state index in [0.29, 0.717) is 17.4 Å². The molecule has 0 amide bonds. The molecule has 0 aliphatic rings. The molecule has 2 aromatic rings. The Morgan fingerprint density at radius 3 is 2.42 bits per heavy atom. The van der Waals surface area contributed by atoms with Gasteiger partial charge in [0.15, 0.2) is 0 Å². The van der Waals surface area contributed by atoms with E-state index in [1.807, 2.05) is 36.4 Å². The second-order valence-electron chi connectivity index (χ2n) is 4.17. The first-order chi connectivity index (χ1) is 9.19. The van der Waals surface area contributed by atoms with Gasteiger partial charge in [0, 0.05) is 12.2 Å². The Bertz CT molecular complexity index is 603. The van der Waals surface area contributed by atoms with Crippen LogP contribution in [0.1, 0.15) is 11.1 Å². The Kier molecular flexibility index (Phi) is 4.43. The van der Waals surface area contributed by atoms with Crippen molar-refractivity contribution >= 4 is 21.6 Å². The monoisotopic (exact) mass is 316 g/mol. The zero-order valence-corrected chi connectivity index (χ0v) is 11.8. The lowest BCUT2D eigenvalue weighted by molar-refractivity contribution is 0.471. The van der Waals surface area contributed by atoms with Gasteiger partial charge in [-0.25, -0.2) is 0 Å². The molecule has 0 saturated heterocycles. The van der Waals surface area contributed by atoms with Crippen LogP contribution in [0.2, 0.25) is 0 Å². The van der Waals surface area contributed by atoms with Crippen molar-refractivity contribution in [1.29, 1.82) is 5.26 Å². The van der Waals surface area contributed by atoms with Crippen LogP contribution in [0.5, 0.6) is 5.75 Å². The van der Waals surface area contributed by atoms with Crippen LogP contribution < -0.4 is 5.32 Å². The van der Waals surface area contributed by atoms with E-state index < -0.39 is 0 Å². The molecule has 0 saturated carbocycles. The Morgan fingerprint density at radius 1 is 1.11 bits per heavy atom. The molecular formula is C15H13BrN2O. The van der Waals surface area contributed by atoms with E-state index in [2.05, 4.69) is 27.3 Å². The smallest absolute Gasteiger partial charge is 0.129 e. The van der Waals surface area contributed by atoms with Crippen molar-refractivity contribution in [2.24, 2.45) is 0 Å². The summed E-state index contributed by atoms with van der Waals surface area (Å²) in [4.78, 5) is 0. The zero-order chi connectivity index (χ0) is 13.7. The highest BCUT2D eigenvalue weighted by Crippen LogP contribution is 2.24. The number of rotatable bonds is 4. The summed E-state index contributed by atoms with van der Waals surface area (Å²) in [5.41, 5.74) is 3.09. The molecule has 0 aliphatic carbocycles. The fourth-order valence-electron chi connectivity index (χ4n) is 1.70. The van der Waals surface area contributed by atoms with E-state index in [1.165, 1.54) is 0 Å². The molecule has 0 spiro atoms. The number of anilines is 1. The number of benzene rings is 2. The molecule has 2 rings (SSSR count). The van der Waals surface area contributed by atoms with Crippen LogP contribution >= 0.6 is 15.9 Å². The molecule has 0 bridgehead atoms. The summed E-state index contributed by atoms with van der Waals surface area (Å²) in [5.74, 6) is 0.240. The van der Waals surface area contributed by atoms with Gasteiger partial charge >= 0.3 is 0 Å². The summed E-state index contributed by atoms with van der Waals surface area (Å²) in [6.45, 7) is 0.677. The predicted octanol–water partition coefficient (Wildman–Crippen LogP) is 3.83. The van der Waals surface area contributed by atoms with Crippen LogP contribution in [0.15, 0.2) is 46.9 Å². The van der Waals surface area contributed by atoms with E-state index in [1.54, 1.807) is 6.07 Å². The number of nitrogens with one attached hydrogen (secondary N) is 1. The maximum atomic E-state index is 9.42. The second-order valence-corrected chi connectivity index (χ2v) is 5.03. The number of phenols is 1. The SMILES string of the molecule is N#CCc1ccc(NCc2ccc(O)c(Br)c2)cc1. The molecule has 0 aromatic heterocycles. The highest BCUT2D eigenvalue weighted by atomic mass is 79.9. The molecule has 0 heterocycles. The number of hydrogen-bond acceptors (Lipinski definition) is 3. The summed E-state index contributed by atoms with van der Waals surface area (Å²) >= 11 is 3.29. The van der Waals surface area contributed by atoms with Crippen LogP contribution in [-0.4, -0.2) is 5.11 Å². The standard InChI is InChI=1S/C15H13BrN2O/c16-14-9-12(3-6-15(14)19)10-18-13-4-1-11(2-5-13)7-8-17/h1-6,9,18-19H,7,10H2. The minimum absolute atomic E-state index is 0.240. The van der Waals surface area contributed by atoms with E-state index in [4.69, 9.17) is 5.26 Å². The first-order valence-electron chi connectivity index (χ1n) is 5.86. The molecule has 3 nitrogen and oxygen atoms in total. The third-order valence-electron chi connectivity index (χ3n) is 2.75.